The van der Waals surface area contributed by atoms with Gasteiger partial charge in [-0.2, -0.15) is 0 Å². The Balaban J connectivity index is 1.45. The van der Waals surface area contributed by atoms with Crippen LogP contribution in [0.15, 0.2) is 34.3 Å². The normalized spacial score (nSPS) is 44.1. The average Bonchev–Trinajstić information content (AvgIpc) is 2.94. The van der Waals surface area contributed by atoms with Gasteiger partial charge in [-0.05, 0) is 103 Å². The van der Waals surface area contributed by atoms with Crippen molar-refractivity contribution in [1.82, 2.24) is 0 Å². The molecule has 6 atom stereocenters. The largest absolute Gasteiger partial charge is 0.294 e. The fourth-order valence-corrected chi connectivity index (χ4v) is 8.12. The van der Waals surface area contributed by atoms with Crippen LogP contribution < -0.4 is 0 Å². The molecule has 0 saturated heterocycles. The van der Waals surface area contributed by atoms with Gasteiger partial charge in [0, 0.05) is 9.89 Å². The van der Waals surface area contributed by atoms with Gasteiger partial charge in [0.1, 0.15) is 0 Å². The molecule has 1 nitrogen and oxygen atoms in total. The topological polar surface area (TPSA) is 17.1 Å². The van der Waals surface area contributed by atoms with Crippen molar-refractivity contribution in [3.8, 4) is 0 Å². The first-order valence-corrected chi connectivity index (χ1v) is 12.2. The van der Waals surface area contributed by atoms with Crippen LogP contribution in [0.1, 0.15) is 77.2 Å². The van der Waals surface area contributed by atoms with Gasteiger partial charge in [-0.15, -0.1) is 0 Å². The van der Waals surface area contributed by atoms with Crippen molar-refractivity contribution in [3.63, 3.8) is 0 Å². The molecule has 1 aromatic rings. The molecule has 0 aliphatic heterocycles. The molecule has 4 aliphatic rings. The molecule has 0 aromatic heterocycles. The molecule has 0 amide bonds. The van der Waals surface area contributed by atoms with Gasteiger partial charge in [-0.25, -0.2) is 0 Å². The first-order valence-electron chi connectivity index (χ1n) is 11.4. The molecule has 4 fully saturated rings. The van der Waals surface area contributed by atoms with Gasteiger partial charge < -0.3 is 0 Å². The third-order valence-corrected chi connectivity index (χ3v) is 9.96. The van der Waals surface area contributed by atoms with Crippen LogP contribution in [0.4, 0.5) is 0 Å². The smallest absolute Gasteiger partial charge is 0.165 e. The zero-order chi connectivity index (χ0) is 19.5. The Morgan fingerprint density at radius 3 is 2.54 bits per heavy atom. The number of rotatable bonds is 1. The van der Waals surface area contributed by atoms with Crippen molar-refractivity contribution in [2.45, 2.75) is 71.6 Å². The van der Waals surface area contributed by atoms with Gasteiger partial charge in [-0.3, -0.25) is 4.79 Å². The zero-order valence-electron chi connectivity index (χ0n) is 17.3. The molecule has 150 valence electrons. The number of allylic oxidation sites excluding steroid dienone is 1. The summed E-state index contributed by atoms with van der Waals surface area (Å²) in [6.07, 6.45) is 14.1. The number of fused-ring (bicyclic) bond motifs is 5. The first-order chi connectivity index (χ1) is 13.4. The van der Waals surface area contributed by atoms with Crippen LogP contribution >= 0.6 is 15.9 Å². The monoisotopic (exact) mass is 440 g/mol. The maximum Gasteiger partial charge on any atom is 0.165 e. The van der Waals surface area contributed by atoms with Crippen molar-refractivity contribution in [1.29, 1.82) is 0 Å². The fourth-order valence-electron chi connectivity index (χ4n) is 7.85. The Labute approximate surface area is 178 Å². The number of Topliss-reactive ketones (excluding diaryl/α,β-unsaturated/α-hetero) is 1. The molecule has 5 rings (SSSR count). The molecule has 0 heterocycles. The zero-order valence-corrected chi connectivity index (χ0v) is 18.9. The van der Waals surface area contributed by atoms with Crippen LogP contribution in [0.25, 0.3) is 6.08 Å². The second-order valence-corrected chi connectivity index (χ2v) is 11.5. The summed E-state index contributed by atoms with van der Waals surface area (Å²) in [6.45, 7) is 4.92. The summed E-state index contributed by atoms with van der Waals surface area (Å²) >= 11 is 3.51. The summed E-state index contributed by atoms with van der Waals surface area (Å²) in [6, 6.07) is 8.38. The minimum absolute atomic E-state index is 0.111. The quantitative estimate of drug-likeness (QED) is 0.414. The van der Waals surface area contributed by atoms with E-state index in [2.05, 4.69) is 60.1 Å². The average molecular weight is 441 g/mol. The van der Waals surface area contributed by atoms with E-state index in [9.17, 15) is 4.79 Å². The van der Waals surface area contributed by atoms with Crippen molar-refractivity contribution in [2.75, 3.05) is 0 Å². The maximum absolute atomic E-state index is 13.5. The molecule has 4 aliphatic carbocycles. The van der Waals surface area contributed by atoms with E-state index < -0.39 is 0 Å². The highest BCUT2D eigenvalue weighted by atomic mass is 79.9. The lowest BCUT2D eigenvalue weighted by atomic mass is 9.45. The summed E-state index contributed by atoms with van der Waals surface area (Å²) in [7, 11) is 0. The summed E-state index contributed by atoms with van der Waals surface area (Å²) in [5.41, 5.74) is 2.68. The Hall–Kier alpha value is -0.890. The highest BCUT2D eigenvalue weighted by Crippen LogP contribution is 2.66. The number of ketones is 1. The van der Waals surface area contributed by atoms with E-state index in [-0.39, 0.29) is 5.41 Å². The van der Waals surface area contributed by atoms with E-state index in [0.29, 0.717) is 17.1 Å². The predicted molar refractivity (Wildman–Crippen MR) is 119 cm³/mol. The second-order valence-electron chi connectivity index (χ2n) is 10.6. The van der Waals surface area contributed by atoms with Gasteiger partial charge in [0.2, 0.25) is 0 Å². The summed E-state index contributed by atoms with van der Waals surface area (Å²) < 4.78 is 1.09. The highest BCUT2D eigenvalue weighted by Gasteiger charge is 2.60. The SMILES string of the molecule is C[C@]12CCCCC1CCC1C2CC[C@]2(C)C(=O)/C(=C/c3ccc(Br)cc3)CC12. The maximum atomic E-state index is 13.5. The van der Waals surface area contributed by atoms with E-state index in [4.69, 9.17) is 0 Å². The lowest BCUT2D eigenvalue weighted by Gasteiger charge is -2.59. The van der Waals surface area contributed by atoms with Crippen LogP contribution in [-0.4, -0.2) is 5.78 Å². The predicted octanol–water partition coefficient (Wildman–Crippen LogP) is 7.44. The van der Waals surface area contributed by atoms with Crippen molar-refractivity contribution in [3.05, 3.63) is 39.9 Å². The van der Waals surface area contributed by atoms with Crippen molar-refractivity contribution in [2.24, 2.45) is 34.5 Å². The van der Waals surface area contributed by atoms with E-state index >= 15 is 0 Å². The molecule has 0 N–H and O–H groups in total. The van der Waals surface area contributed by atoms with Gasteiger partial charge in [0.15, 0.2) is 5.78 Å². The van der Waals surface area contributed by atoms with Crippen molar-refractivity contribution >= 4 is 27.8 Å². The Bertz CT molecular complexity index is 808. The molecule has 0 spiro atoms. The fraction of sp³-hybridized carbons (Fsp3) is 0.654. The van der Waals surface area contributed by atoms with E-state index in [1.165, 1.54) is 44.9 Å². The molecule has 1 aromatic carbocycles. The van der Waals surface area contributed by atoms with E-state index in [0.717, 1.165) is 46.2 Å². The van der Waals surface area contributed by atoms with Crippen LogP contribution in [-0.2, 0) is 4.79 Å². The number of carbonyl (C=O) groups excluding carboxylic acids is 1. The number of halogens is 1. The highest BCUT2D eigenvalue weighted by molar-refractivity contribution is 9.10. The molecule has 4 saturated carbocycles. The molecular weight excluding hydrogens is 408 g/mol. The third-order valence-electron chi connectivity index (χ3n) is 9.43. The summed E-state index contributed by atoms with van der Waals surface area (Å²) in [4.78, 5) is 13.5. The molecule has 0 bridgehead atoms. The van der Waals surface area contributed by atoms with Crippen LogP contribution in [0.5, 0.6) is 0 Å². The third kappa shape index (κ3) is 2.81. The molecule has 4 unspecified atom stereocenters. The van der Waals surface area contributed by atoms with Crippen LogP contribution in [0, 0.1) is 34.5 Å². The van der Waals surface area contributed by atoms with Crippen LogP contribution in [0.2, 0.25) is 0 Å². The summed E-state index contributed by atoms with van der Waals surface area (Å²) in [5.74, 6) is 3.58. The Morgan fingerprint density at radius 1 is 0.964 bits per heavy atom. The van der Waals surface area contributed by atoms with Gasteiger partial charge >= 0.3 is 0 Å². The minimum Gasteiger partial charge on any atom is -0.294 e. The van der Waals surface area contributed by atoms with Gasteiger partial charge in [0.25, 0.3) is 0 Å². The lowest BCUT2D eigenvalue weighted by molar-refractivity contribution is -0.137. The summed E-state index contributed by atoms with van der Waals surface area (Å²) in [5, 5.41) is 0. The number of benzene rings is 1. The molecule has 2 heteroatoms. The number of carbonyl (C=O) groups is 1. The number of hydrogen-bond acceptors (Lipinski definition) is 1. The van der Waals surface area contributed by atoms with Crippen LogP contribution in [0.3, 0.4) is 0 Å². The van der Waals surface area contributed by atoms with Gasteiger partial charge in [0.05, 0.1) is 0 Å². The van der Waals surface area contributed by atoms with E-state index in [1.807, 2.05) is 0 Å². The molecule has 0 radical (unpaired) electrons. The van der Waals surface area contributed by atoms with Gasteiger partial charge in [-0.1, -0.05) is 54.8 Å². The van der Waals surface area contributed by atoms with Crippen molar-refractivity contribution < 1.29 is 4.79 Å². The minimum atomic E-state index is -0.111. The second kappa shape index (κ2) is 6.83. The number of hydrogen-bond donors (Lipinski definition) is 0. The van der Waals surface area contributed by atoms with E-state index in [1.54, 1.807) is 0 Å². The lowest BCUT2D eigenvalue weighted by Crippen LogP contribution is -2.52. The standard InChI is InChI=1S/C26H33BrO/c1-25-13-4-3-5-19(25)8-11-21-22(25)12-14-26(2)23(21)16-18(24(26)28)15-17-6-9-20(27)10-7-17/h6-7,9-10,15,19,21-23H,3-5,8,11-14,16H2,1-2H3/b18-15+/t19?,21?,22?,23?,25-,26-/m0/s1. The first kappa shape index (κ1) is 19.1. The Kier molecular flexibility index (Phi) is 4.66. The molecular formula is C26H33BrO. The molecule has 28 heavy (non-hydrogen) atoms. The Morgan fingerprint density at radius 2 is 1.75 bits per heavy atom.